The maximum atomic E-state index is 5.45. The molecule has 1 aromatic carbocycles. The maximum absolute atomic E-state index is 5.45. The van der Waals surface area contributed by atoms with Crippen LogP contribution < -0.4 is 9.47 Å². The summed E-state index contributed by atoms with van der Waals surface area (Å²) in [6, 6.07) is 3.98. The number of nitrogens with zero attached hydrogens (tertiary/aromatic N) is 2. The summed E-state index contributed by atoms with van der Waals surface area (Å²) < 4.78 is 12.9. The van der Waals surface area contributed by atoms with Crippen molar-refractivity contribution in [1.82, 2.24) is 9.55 Å². The highest BCUT2D eigenvalue weighted by atomic mass is 32.2. The second-order valence-electron chi connectivity index (χ2n) is 3.80. The lowest BCUT2D eigenvalue weighted by molar-refractivity contribution is 0.389. The van der Waals surface area contributed by atoms with Gasteiger partial charge in [0.1, 0.15) is 17.2 Å². The number of imidazole rings is 1. The highest BCUT2D eigenvalue weighted by Crippen LogP contribution is 2.35. The van der Waals surface area contributed by atoms with Crippen LogP contribution in [0.1, 0.15) is 5.56 Å². The van der Waals surface area contributed by atoms with Crippen LogP contribution in [0.5, 0.6) is 11.5 Å². The first-order chi connectivity index (χ1) is 8.71. The van der Waals surface area contributed by atoms with Gasteiger partial charge in [-0.2, -0.15) is 0 Å². The maximum Gasteiger partial charge on any atom is 0.172 e. The van der Waals surface area contributed by atoms with E-state index in [2.05, 4.69) is 4.98 Å². The van der Waals surface area contributed by atoms with Crippen LogP contribution in [0, 0.1) is 6.92 Å². The van der Waals surface area contributed by atoms with Crippen molar-refractivity contribution in [1.29, 1.82) is 0 Å². The zero-order chi connectivity index (χ0) is 13.1. The van der Waals surface area contributed by atoms with Gasteiger partial charge in [0.2, 0.25) is 0 Å². The summed E-state index contributed by atoms with van der Waals surface area (Å²) in [5.74, 6) is 1.56. The Labute approximate surface area is 111 Å². The molecular formula is C13H16N2O2S. The van der Waals surface area contributed by atoms with Crippen LogP contribution in [-0.4, -0.2) is 30.0 Å². The summed E-state index contributed by atoms with van der Waals surface area (Å²) in [5, 5.41) is 0.899. The quantitative estimate of drug-likeness (QED) is 0.796. The van der Waals surface area contributed by atoms with Gasteiger partial charge in [0.15, 0.2) is 5.16 Å². The Morgan fingerprint density at radius 1 is 1.17 bits per heavy atom. The molecule has 0 bridgehead atoms. The molecule has 18 heavy (non-hydrogen) atoms. The topological polar surface area (TPSA) is 36.3 Å². The van der Waals surface area contributed by atoms with E-state index in [0.717, 1.165) is 27.9 Å². The van der Waals surface area contributed by atoms with Gasteiger partial charge in [0, 0.05) is 12.4 Å². The Hall–Kier alpha value is -1.62. The number of benzene rings is 1. The van der Waals surface area contributed by atoms with Gasteiger partial charge in [-0.25, -0.2) is 4.98 Å². The van der Waals surface area contributed by atoms with Crippen molar-refractivity contribution in [2.24, 2.45) is 0 Å². The normalized spacial score (nSPS) is 10.4. The molecule has 96 valence electrons. The molecule has 0 saturated heterocycles. The third-order valence-electron chi connectivity index (χ3n) is 2.65. The minimum Gasteiger partial charge on any atom is -0.494 e. The fourth-order valence-electron chi connectivity index (χ4n) is 1.87. The van der Waals surface area contributed by atoms with Gasteiger partial charge in [-0.3, -0.25) is 4.57 Å². The van der Waals surface area contributed by atoms with Crippen LogP contribution in [0.2, 0.25) is 0 Å². The van der Waals surface area contributed by atoms with Gasteiger partial charge in [-0.15, -0.1) is 0 Å². The molecule has 1 aromatic heterocycles. The minimum atomic E-state index is 0.778. The van der Waals surface area contributed by atoms with Crippen molar-refractivity contribution in [3.63, 3.8) is 0 Å². The molecule has 2 rings (SSSR count). The summed E-state index contributed by atoms with van der Waals surface area (Å²) in [6.45, 7) is 2.01. The predicted molar refractivity (Wildman–Crippen MR) is 73.2 cm³/mol. The van der Waals surface area contributed by atoms with Gasteiger partial charge in [0.05, 0.1) is 14.2 Å². The van der Waals surface area contributed by atoms with E-state index in [4.69, 9.17) is 9.47 Å². The summed E-state index contributed by atoms with van der Waals surface area (Å²) in [5.41, 5.74) is 1.98. The largest absolute Gasteiger partial charge is 0.494 e. The third kappa shape index (κ3) is 2.18. The number of aromatic nitrogens is 2. The van der Waals surface area contributed by atoms with Crippen molar-refractivity contribution in [3.05, 3.63) is 30.1 Å². The van der Waals surface area contributed by atoms with Crippen LogP contribution in [0.4, 0.5) is 0 Å². The number of ether oxygens (including phenoxy) is 2. The number of hydrogen-bond donors (Lipinski definition) is 0. The second-order valence-corrected chi connectivity index (χ2v) is 4.58. The van der Waals surface area contributed by atoms with E-state index >= 15 is 0 Å². The number of methoxy groups -OCH3 is 2. The summed E-state index contributed by atoms with van der Waals surface area (Å²) in [6.07, 6.45) is 5.66. The molecule has 1 heterocycles. The summed E-state index contributed by atoms with van der Waals surface area (Å²) >= 11 is 1.58. The van der Waals surface area contributed by atoms with Crippen LogP contribution in [0.3, 0.4) is 0 Å². The second kappa shape index (κ2) is 5.35. The monoisotopic (exact) mass is 264 g/mol. The van der Waals surface area contributed by atoms with E-state index in [1.165, 1.54) is 0 Å². The van der Waals surface area contributed by atoms with E-state index in [9.17, 15) is 0 Å². The molecule has 0 spiro atoms. The average molecular weight is 264 g/mol. The molecule has 0 N–H and O–H groups in total. The van der Waals surface area contributed by atoms with Gasteiger partial charge in [0.25, 0.3) is 0 Å². The van der Waals surface area contributed by atoms with Crippen LogP contribution >= 0.6 is 11.8 Å². The minimum absolute atomic E-state index is 0.778. The Morgan fingerprint density at radius 2 is 1.78 bits per heavy atom. The Kier molecular flexibility index (Phi) is 3.81. The van der Waals surface area contributed by atoms with E-state index in [1.807, 2.05) is 36.1 Å². The molecule has 5 heteroatoms. The Morgan fingerprint density at radius 3 is 2.28 bits per heavy atom. The van der Waals surface area contributed by atoms with Gasteiger partial charge in [-0.1, -0.05) is 11.8 Å². The summed E-state index contributed by atoms with van der Waals surface area (Å²) in [7, 11) is 3.32. The van der Waals surface area contributed by atoms with Crippen molar-refractivity contribution >= 4 is 11.8 Å². The van der Waals surface area contributed by atoms with Crippen molar-refractivity contribution in [2.45, 2.75) is 12.1 Å². The molecule has 2 aromatic rings. The number of thioether (sulfide) groups is 1. The van der Waals surface area contributed by atoms with Crippen molar-refractivity contribution < 1.29 is 9.47 Å². The molecule has 0 aliphatic rings. The van der Waals surface area contributed by atoms with Crippen LogP contribution in [0.25, 0.3) is 5.69 Å². The molecule has 0 fully saturated rings. The van der Waals surface area contributed by atoms with Crippen LogP contribution in [0.15, 0.2) is 29.7 Å². The molecule has 0 amide bonds. The molecule has 0 radical (unpaired) electrons. The standard InChI is InChI=1S/C13H16N2O2S/c1-9-7-10(16-2)12(11(8-9)17-3)15-6-5-14-13(15)18-4/h5-8H,1-4H3. The third-order valence-corrected chi connectivity index (χ3v) is 3.32. The first kappa shape index (κ1) is 12.8. The first-order valence-electron chi connectivity index (χ1n) is 5.51. The summed E-state index contributed by atoms with van der Waals surface area (Å²) in [4.78, 5) is 4.30. The SMILES string of the molecule is COc1cc(C)cc(OC)c1-n1ccnc1SC. The molecule has 0 aliphatic carbocycles. The lowest BCUT2D eigenvalue weighted by Crippen LogP contribution is -2.02. The van der Waals surface area contributed by atoms with Gasteiger partial charge >= 0.3 is 0 Å². The average Bonchev–Trinajstić information content (AvgIpc) is 2.85. The van der Waals surface area contributed by atoms with E-state index in [1.54, 1.807) is 32.2 Å². The molecule has 0 atom stereocenters. The highest BCUT2D eigenvalue weighted by Gasteiger charge is 2.16. The number of rotatable bonds is 4. The molecule has 0 saturated carbocycles. The lowest BCUT2D eigenvalue weighted by atomic mass is 10.2. The first-order valence-corrected chi connectivity index (χ1v) is 6.74. The van der Waals surface area contributed by atoms with Crippen LogP contribution in [-0.2, 0) is 0 Å². The lowest BCUT2D eigenvalue weighted by Gasteiger charge is -2.16. The predicted octanol–water partition coefficient (Wildman–Crippen LogP) is 2.92. The van der Waals surface area contributed by atoms with E-state index in [0.29, 0.717) is 0 Å². The highest BCUT2D eigenvalue weighted by molar-refractivity contribution is 7.98. The Balaban J connectivity index is 2.68. The molecule has 0 unspecified atom stereocenters. The number of aryl methyl sites for hydroxylation is 1. The zero-order valence-electron chi connectivity index (χ0n) is 10.9. The van der Waals surface area contributed by atoms with E-state index in [-0.39, 0.29) is 0 Å². The fourth-order valence-corrected chi connectivity index (χ4v) is 2.39. The van der Waals surface area contributed by atoms with Crippen molar-refractivity contribution in [3.8, 4) is 17.2 Å². The molecule has 0 aliphatic heterocycles. The zero-order valence-corrected chi connectivity index (χ0v) is 11.7. The van der Waals surface area contributed by atoms with Crippen molar-refractivity contribution in [2.75, 3.05) is 20.5 Å². The number of hydrogen-bond acceptors (Lipinski definition) is 4. The molecular weight excluding hydrogens is 248 g/mol. The van der Waals surface area contributed by atoms with Gasteiger partial charge < -0.3 is 9.47 Å². The fraction of sp³-hybridized carbons (Fsp3) is 0.308. The smallest absolute Gasteiger partial charge is 0.172 e. The van der Waals surface area contributed by atoms with E-state index < -0.39 is 0 Å². The molecule has 4 nitrogen and oxygen atoms in total. The Bertz CT molecular complexity index is 527. The van der Waals surface area contributed by atoms with Gasteiger partial charge in [-0.05, 0) is 30.9 Å².